The molecule has 0 radical (unpaired) electrons. The van der Waals surface area contributed by atoms with Crippen LogP contribution in [0.2, 0.25) is 5.02 Å². The second kappa shape index (κ2) is 5.80. The van der Waals surface area contributed by atoms with Gasteiger partial charge in [0, 0.05) is 11.6 Å². The minimum atomic E-state index is -3.54. The molecule has 0 amide bonds. The van der Waals surface area contributed by atoms with E-state index in [1.165, 1.54) is 0 Å². The van der Waals surface area contributed by atoms with Gasteiger partial charge in [-0.1, -0.05) is 23.4 Å². The van der Waals surface area contributed by atoms with Crippen LogP contribution in [0.25, 0.3) is 0 Å². The average Bonchev–Trinajstić information content (AvgIpc) is 3.12. The van der Waals surface area contributed by atoms with Crippen molar-refractivity contribution in [3.8, 4) is 11.8 Å². The Morgan fingerprint density at radius 3 is 2.79 bits per heavy atom. The zero-order valence-corrected chi connectivity index (χ0v) is 11.7. The van der Waals surface area contributed by atoms with Crippen LogP contribution >= 0.6 is 11.6 Å². The minimum Gasteiger partial charge on any atom is -0.320 e. The molecule has 2 rings (SSSR count). The predicted molar refractivity (Wildman–Crippen MR) is 76.1 cm³/mol. The Balaban J connectivity index is 2.16. The van der Waals surface area contributed by atoms with Gasteiger partial charge >= 0.3 is 0 Å². The third-order valence-electron chi connectivity index (χ3n) is 2.44. The molecule has 5 nitrogen and oxygen atoms in total. The maximum absolute atomic E-state index is 11.7. The lowest BCUT2D eigenvalue weighted by molar-refractivity contribution is 0.586. The van der Waals surface area contributed by atoms with E-state index in [1.807, 2.05) is 0 Å². The van der Waals surface area contributed by atoms with Crippen LogP contribution in [0.5, 0.6) is 0 Å². The Kier molecular flexibility index (Phi) is 4.32. The highest BCUT2D eigenvalue weighted by Gasteiger charge is 2.26. The molecule has 1 aliphatic rings. The first-order valence-corrected chi connectivity index (χ1v) is 7.65. The summed E-state index contributed by atoms with van der Waals surface area (Å²) in [5.74, 6) is 5.47. The number of hydrogen-bond acceptors (Lipinski definition) is 3. The predicted octanol–water partition coefficient (Wildman–Crippen LogP) is 1.06. The van der Waals surface area contributed by atoms with Crippen LogP contribution in [-0.2, 0) is 10.2 Å². The lowest BCUT2D eigenvalue weighted by Gasteiger charge is -2.09. The third-order valence-corrected chi connectivity index (χ3v) is 3.92. The van der Waals surface area contributed by atoms with Crippen molar-refractivity contribution in [1.29, 1.82) is 0 Å². The fourth-order valence-electron chi connectivity index (χ4n) is 1.44. The summed E-state index contributed by atoms with van der Waals surface area (Å²) in [5.41, 5.74) is 6.25. The van der Waals surface area contributed by atoms with Gasteiger partial charge in [-0.05, 0) is 31.0 Å². The Labute approximate surface area is 117 Å². The van der Waals surface area contributed by atoms with Crippen LogP contribution in [0.3, 0.4) is 0 Å². The number of nitrogens with two attached hydrogens (primary N) is 1. The molecule has 1 fully saturated rings. The van der Waals surface area contributed by atoms with Gasteiger partial charge in [0.2, 0.25) is 0 Å². The first kappa shape index (κ1) is 14.2. The van der Waals surface area contributed by atoms with Gasteiger partial charge in [-0.25, -0.2) is 0 Å². The fourth-order valence-corrected chi connectivity index (χ4v) is 2.77. The largest absolute Gasteiger partial charge is 0.320 e. The fraction of sp³-hybridized carbons (Fsp3) is 0.333. The number of benzene rings is 1. The molecule has 102 valence electrons. The smallest absolute Gasteiger partial charge is 0.299 e. The van der Waals surface area contributed by atoms with Gasteiger partial charge in [-0.2, -0.15) is 13.1 Å². The maximum atomic E-state index is 11.7. The lowest BCUT2D eigenvalue weighted by Crippen LogP contribution is -2.31. The normalized spacial score (nSPS) is 14.6. The van der Waals surface area contributed by atoms with Crippen LogP contribution in [0.1, 0.15) is 18.4 Å². The Hall–Kier alpha value is -1.26. The number of hydrogen-bond donors (Lipinski definition) is 3. The van der Waals surface area contributed by atoms with E-state index in [2.05, 4.69) is 21.3 Å². The quantitative estimate of drug-likeness (QED) is 0.727. The number of halogens is 1. The van der Waals surface area contributed by atoms with Crippen molar-refractivity contribution in [1.82, 2.24) is 4.72 Å². The summed E-state index contributed by atoms with van der Waals surface area (Å²) in [6.45, 7) is 0.218. The molecule has 0 saturated heterocycles. The molecule has 1 saturated carbocycles. The van der Waals surface area contributed by atoms with Gasteiger partial charge in [0.25, 0.3) is 10.2 Å². The van der Waals surface area contributed by atoms with E-state index in [0.717, 1.165) is 12.8 Å². The monoisotopic (exact) mass is 299 g/mol. The van der Waals surface area contributed by atoms with Gasteiger partial charge in [-0.15, -0.1) is 0 Å². The molecule has 7 heteroatoms. The summed E-state index contributed by atoms with van der Waals surface area (Å²) in [4.78, 5) is 0. The van der Waals surface area contributed by atoms with E-state index in [0.29, 0.717) is 16.3 Å². The minimum absolute atomic E-state index is 0.0568. The van der Waals surface area contributed by atoms with E-state index in [4.69, 9.17) is 17.3 Å². The molecular weight excluding hydrogens is 286 g/mol. The standard InChI is InChI=1S/C12H14ClN3O2S/c13-12-6-5-11(8-9(12)2-1-7-14)16-19(17,18)15-10-3-4-10/h5-6,8,10,15-16H,3-4,7,14H2. The number of nitrogens with one attached hydrogen (secondary N) is 2. The molecule has 0 aromatic heterocycles. The van der Waals surface area contributed by atoms with Crippen molar-refractivity contribution in [2.45, 2.75) is 18.9 Å². The molecule has 1 aromatic carbocycles. The van der Waals surface area contributed by atoms with Crippen LogP contribution in [0.4, 0.5) is 5.69 Å². The molecule has 1 aliphatic carbocycles. The van der Waals surface area contributed by atoms with Gasteiger partial charge in [0.05, 0.1) is 17.3 Å². The second-order valence-electron chi connectivity index (χ2n) is 4.20. The molecule has 19 heavy (non-hydrogen) atoms. The van der Waals surface area contributed by atoms with E-state index in [1.54, 1.807) is 18.2 Å². The molecule has 0 aliphatic heterocycles. The third kappa shape index (κ3) is 4.40. The molecule has 0 unspecified atom stereocenters. The van der Waals surface area contributed by atoms with Crippen LogP contribution in [-0.4, -0.2) is 21.0 Å². The van der Waals surface area contributed by atoms with Crippen molar-refractivity contribution in [2.75, 3.05) is 11.3 Å². The Bertz CT molecular complexity index is 630. The Morgan fingerprint density at radius 2 is 2.16 bits per heavy atom. The van der Waals surface area contributed by atoms with Gasteiger partial charge in [0.15, 0.2) is 0 Å². The summed E-state index contributed by atoms with van der Waals surface area (Å²) in [7, 11) is -3.54. The van der Waals surface area contributed by atoms with E-state index in [-0.39, 0.29) is 12.6 Å². The van der Waals surface area contributed by atoms with Crippen LogP contribution < -0.4 is 15.2 Å². The summed E-state index contributed by atoms with van der Waals surface area (Å²) >= 11 is 5.96. The van der Waals surface area contributed by atoms with E-state index < -0.39 is 10.2 Å². The lowest BCUT2D eigenvalue weighted by atomic mass is 10.2. The SMILES string of the molecule is NCC#Cc1cc(NS(=O)(=O)NC2CC2)ccc1Cl. The van der Waals surface area contributed by atoms with E-state index in [9.17, 15) is 8.42 Å². The first-order chi connectivity index (χ1) is 9.00. The molecule has 1 aromatic rings. The number of anilines is 1. The zero-order chi connectivity index (χ0) is 13.9. The van der Waals surface area contributed by atoms with Gasteiger partial charge in [0.1, 0.15) is 0 Å². The molecule has 0 heterocycles. The van der Waals surface area contributed by atoms with Gasteiger partial charge < -0.3 is 5.73 Å². The van der Waals surface area contributed by atoms with Crippen molar-refractivity contribution >= 4 is 27.5 Å². The summed E-state index contributed by atoms with van der Waals surface area (Å²) in [6, 6.07) is 4.82. The highest BCUT2D eigenvalue weighted by atomic mass is 35.5. The molecule has 0 atom stereocenters. The molecular formula is C12H14ClN3O2S. The van der Waals surface area contributed by atoms with Crippen LogP contribution in [0.15, 0.2) is 18.2 Å². The number of rotatable bonds is 4. The van der Waals surface area contributed by atoms with Gasteiger partial charge in [-0.3, -0.25) is 4.72 Å². The molecule has 0 bridgehead atoms. The van der Waals surface area contributed by atoms with Crippen LogP contribution in [0, 0.1) is 11.8 Å². The van der Waals surface area contributed by atoms with Crippen molar-refractivity contribution < 1.29 is 8.42 Å². The molecule has 0 spiro atoms. The van der Waals surface area contributed by atoms with Crippen molar-refractivity contribution in [2.24, 2.45) is 5.73 Å². The highest BCUT2D eigenvalue weighted by molar-refractivity contribution is 7.90. The zero-order valence-electron chi connectivity index (χ0n) is 10.1. The average molecular weight is 300 g/mol. The second-order valence-corrected chi connectivity index (χ2v) is 6.05. The van der Waals surface area contributed by atoms with E-state index >= 15 is 0 Å². The van der Waals surface area contributed by atoms with Crippen molar-refractivity contribution in [3.63, 3.8) is 0 Å². The first-order valence-electron chi connectivity index (χ1n) is 5.79. The Morgan fingerprint density at radius 1 is 1.42 bits per heavy atom. The summed E-state index contributed by atoms with van der Waals surface area (Å²) < 4.78 is 28.5. The summed E-state index contributed by atoms with van der Waals surface area (Å²) in [5, 5.41) is 0.457. The van der Waals surface area contributed by atoms with Crippen molar-refractivity contribution in [3.05, 3.63) is 28.8 Å². The topological polar surface area (TPSA) is 84.2 Å². The maximum Gasteiger partial charge on any atom is 0.299 e. The highest BCUT2D eigenvalue weighted by Crippen LogP contribution is 2.22. The summed E-state index contributed by atoms with van der Waals surface area (Å²) in [6.07, 6.45) is 1.77. The molecule has 4 N–H and O–H groups in total.